The van der Waals surface area contributed by atoms with Gasteiger partial charge in [0.2, 0.25) is 5.82 Å². The second kappa shape index (κ2) is 4.30. The van der Waals surface area contributed by atoms with E-state index in [0.29, 0.717) is 5.82 Å². The number of H-pyrrole nitrogens is 1. The third-order valence-electron chi connectivity index (χ3n) is 2.36. The van der Waals surface area contributed by atoms with Crippen LogP contribution in [0.5, 0.6) is 5.75 Å². The molecule has 0 aliphatic carbocycles. The van der Waals surface area contributed by atoms with Crippen LogP contribution in [0.25, 0.3) is 0 Å². The van der Waals surface area contributed by atoms with Gasteiger partial charge in [0.15, 0.2) is 6.10 Å². The van der Waals surface area contributed by atoms with Gasteiger partial charge >= 0.3 is 0 Å². The number of hydrogen-bond donors (Lipinski definition) is 1. The van der Waals surface area contributed by atoms with E-state index in [2.05, 4.69) is 33.6 Å². The summed E-state index contributed by atoms with van der Waals surface area (Å²) in [5.74, 6) is 1.41. The highest BCUT2D eigenvalue weighted by Crippen LogP contribution is 2.23. The third-order valence-corrected chi connectivity index (χ3v) is 2.36. The van der Waals surface area contributed by atoms with Crippen LogP contribution in [0, 0.1) is 13.8 Å². The molecule has 1 atom stereocenters. The number of aromatic amines is 1. The molecular weight excluding hydrogens is 204 g/mol. The maximum atomic E-state index is 5.76. The van der Waals surface area contributed by atoms with Gasteiger partial charge in [-0.3, -0.25) is 0 Å². The molecule has 1 N–H and O–H groups in total. The Labute approximate surface area is 93.8 Å². The predicted octanol–water partition coefficient (Wildman–Crippen LogP) is 1.96. The Morgan fingerprint density at radius 3 is 2.75 bits per heavy atom. The van der Waals surface area contributed by atoms with E-state index in [1.165, 1.54) is 5.56 Å². The number of ether oxygens (including phenoxy) is 1. The molecule has 0 saturated carbocycles. The molecule has 1 unspecified atom stereocenters. The maximum absolute atomic E-state index is 5.76. The normalized spacial score (nSPS) is 12.4. The Morgan fingerprint density at radius 2 is 2.12 bits per heavy atom. The van der Waals surface area contributed by atoms with Gasteiger partial charge in [-0.1, -0.05) is 22.9 Å². The van der Waals surface area contributed by atoms with Gasteiger partial charge in [0.25, 0.3) is 0 Å². The van der Waals surface area contributed by atoms with Gasteiger partial charge < -0.3 is 4.74 Å². The van der Waals surface area contributed by atoms with Crippen molar-refractivity contribution in [3.05, 3.63) is 35.2 Å². The maximum Gasteiger partial charge on any atom is 0.214 e. The first-order chi connectivity index (χ1) is 7.66. The average molecular weight is 218 g/mol. The molecule has 0 amide bonds. The third kappa shape index (κ3) is 2.18. The van der Waals surface area contributed by atoms with Gasteiger partial charge in [-0.2, -0.15) is 5.21 Å². The highest BCUT2D eigenvalue weighted by atomic mass is 16.5. The van der Waals surface area contributed by atoms with Gasteiger partial charge in [-0.15, -0.1) is 10.2 Å². The van der Waals surface area contributed by atoms with Crippen molar-refractivity contribution < 1.29 is 4.74 Å². The summed E-state index contributed by atoms with van der Waals surface area (Å²) in [6.07, 6.45) is -0.208. The monoisotopic (exact) mass is 218 g/mol. The molecule has 0 spiro atoms. The molecule has 1 aromatic heterocycles. The number of benzene rings is 1. The first kappa shape index (κ1) is 10.6. The van der Waals surface area contributed by atoms with Crippen molar-refractivity contribution in [3.8, 4) is 5.75 Å². The second-order valence-electron chi connectivity index (χ2n) is 3.80. The standard InChI is InChI=1S/C11H14N4O/c1-7-4-5-10(8(2)6-7)16-9(3)11-12-14-15-13-11/h4-6,9H,1-3H3,(H,12,13,14,15). The molecule has 1 aromatic carbocycles. The van der Waals surface area contributed by atoms with Crippen LogP contribution < -0.4 is 4.74 Å². The lowest BCUT2D eigenvalue weighted by atomic mass is 10.1. The van der Waals surface area contributed by atoms with Crippen molar-refractivity contribution in [2.24, 2.45) is 0 Å². The Morgan fingerprint density at radius 1 is 1.31 bits per heavy atom. The predicted molar refractivity (Wildman–Crippen MR) is 59.1 cm³/mol. The van der Waals surface area contributed by atoms with Crippen molar-refractivity contribution in [2.75, 3.05) is 0 Å². The quantitative estimate of drug-likeness (QED) is 0.855. The summed E-state index contributed by atoms with van der Waals surface area (Å²) in [5.41, 5.74) is 2.33. The molecule has 84 valence electrons. The largest absolute Gasteiger partial charge is 0.482 e. The zero-order valence-corrected chi connectivity index (χ0v) is 9.56. The van der Waals surface area contributed by atoms with Crippen molar-refractivity contribution in [1.29, 1.82) is 0 Å². The van der Waals surface area contributed by atoms with Crippen LogP contribution in [0.4, 0.5) is 0 Å². The van der Waals surface area contributed by atoms with Crippen molar-refractivity contribution >= 4 is 0 Å². The van der Waals surface area contributed by atoms with Gasteiger partial charge in [0.05, 0.1) is 0 Å². The van der Waals surface area contributed by atoms with Crippen LogP contribution in [0.1, 0.15) is 30.0 Å². The minimum absolute atomic E-state index is 0.208. The molecule has 16 heavy (non-hydrogen) atoms. The summed E-state index contributed by atoms with van der Waals surface area (Å²) in [6.45, 7) is 5.97. The van der Waals surface area contributed by atoms with E-state index in [-0.39, 0.29) is 6.10 Å². The number of nitrogens with zero attached hydrogens (tertiary/aromatic N) is 3. The van der Waals surface area contributed by atoms with Crippen molar-refractivity contribution in [1.82, 2.24) is 20.6 Å². The second-order valence-corrected chi connectivity index (χ2v) is 3.80. The van der Waals surface area contributed by atoms with Crippen LogP contribution >= 0.6 is 0 Å². The van der Waals surface area contributed by atoms with Gasteiger partial charge in [-0.25, -0.2) is 0 Å². The Balaban J connectivity index is 2.15. The molecule has 5 nitrogen and oxygen atoms in total. The van der Waals surface area contributed by atoms with E-state index in [0.717, 1.165) is 11.3 Å². The lowest BCUT2D eigenvalue weighted by molar-refractivity contribution is 0.215. The topological polar surface area (TPSA) is 63.7 Å². The number of aromatic nitrogens is 4. The number of tetrazole rings is 1. The van der Waals surface area contributed by atoms with Crippen molar-refractivity contribution in [3.63, 3.8) is 0 Å². The summed E-state index contributed by atoms with van der Waals surface area (Å²) in [4.78, 5) is 0. The van der Waals surface area contributed by atoms with E-state index >= 15 is 0 Å². The molecule has 2 aromatic rings. The summed E-state index contributed by atoms with van der Waals surface area (Å²) in [7, 11) is 0. The molecule has 0 radical (unpaired) electrons. The van der Waals surface area contributed by atoms with Crippen molar-refractivity contribution in [2.45, 2.75) is 26.9 Å². The zero-order chi connectivity index (χ0) is 11.5. The van der Waals surface area contributed by atoms with Gasteiger partial charge in [-0.05, 0) is 32.4 Å². The van der Waals surface area contributed by atoms with Gasteiger partial charge in [0.1, 0.15) is 5.75 Å². The van der Waals surface area contributed by atoms with E-state index in [9.17, 15) is 0 Å². The zero-order valence-electron chi connectivity index (χ0n) is 9.56. The summed E-state index contributed by atoms with van der Waals surface area (Å²) in [5, 5.41) is 13.7. The average Bonchev–Trinajstić information content (AvgIpc) is 2.75. The van der Waals surface area contributed by atoms with E-state index < -0.39 is 0 Å². The van der Waals surface area contributed by atoms with E-state index in [1.807, 2.05) is 26.0 Å². The molecule has 0 aliphatic rings. The number of nitrogens with one attached hydrogen (secondary N) is 1. The minimum Gasteiger partial charge on any atom is -0.482 e. The molecule has 0 saturated heterocycles. The first-order valence-corrected chi connectivity index (χ1v) is 5.14. The number of aryl methyl sites for hydroxylation is 2. The van der Waals surface area contributed by atoms with E-state index in [1.54, 1.807) is 0 Å². The fraction of sp³-hybridized carbons (Fsp3) is 0.364. The van der Waals surface area contributed by atoms with Gasteiger partial charge in [0, 0.05) is 0 Å². The molecule has 0 aliphatic heterocycles. The van der Waals surface area contributed by atoms with Crippen LogP contribution in [0.15, 0.2) is 18.2 Å². The smallest absolute Gasteiger partial charge is 0.214 e. The first-order valence-electron chi connectivity index (χ1n) is 5.14. The molecule has 2 rings (SSSR count). The fourth-order valence-corrected chi connectivity index (χ4v) is 1.52. The Bertz CT molecular complexity index is 467. The minimum atomic E-state index is -0.208. The fourth-order valence-electron chi connectivity index (χ4n) is 1.52. The molecular formula is C11H14N4O. The SMILES string of the molecule is Cc1ccc(OC(C)c2nn[nH]n2)c(C)c1. The molecule has 1 heterocycles. The Hall–Kier alpha value is -1.91. The summed E-state index contributed by atoms with van der Waals surface area (Å²) in [6, 6.07) is 6.06. The molecule has 5 heteroatoms. The lowest BCUT2D eigenvalue weighted by Gasteiger charge is -2.13. The summed E-state index contributed by atoms with van der Waals surface area (Å²) >= 11 is 0. The highest BCUT2D eigenvalue weighted by molar-refractivity contribution is 5.35. The lowest BCUT2D eigenvalue weighted by Crippen LogP contribution is -2.06. The number of rotatable bonds is 3. The van der Waals surface area contributed by atoms with E-state index in [4.69, 9.17) is 4.74 Å². The van der Waals surface area contributed by atoms with Crippen LogP contribution in [0.2, 0.25) is 0 Å². The highest BCUT2D eigenvalue weighted by Gasteiger charge is 2.12. The molecule has 0 bridgehead atoms. The van der Waals surface area contributed by atoms with Crippen LogP contribution in [-0.2, 0) is 0 Å². The van der Waals surface area contributed by atoms with Crippen LogP contribution in [0.3, 0.4) is 0 Å². The molecule has 0 fully saturated rings. The summed E-state index contributed by atoms with van der Waals surface area (Å²) < 4.78 is 5.76. The van der Waals surface area contributed by atoms with Crippen LogP contribution in [-0.4, -0.2) is 20.6 Å². The number of hydrogen-bond acceptors (Lipinski definition) is 4. The Kier molecular flexibility index (Phi) is 2.85.